The summed E-state index contributed by atoms with van der Waals surface area (Å²) in [7, 11) is 0. The van der Waals surface area contributed by atoms with E-state index in [0.29, 0.717) is 11.5 Å². The molecule has 0 radical (unpaired) electrons. The Labute approximate surface area is 300 Å². The van der Waals surface area contributed by atoms with E-state index < -0.39 is 0 Å². The molecule has 4 heteroatoms. The van der Waals surface area contributed by atoms with Crippen LogP contribution in [0.5, 0.6) is 0 Å². The molecular formula is C47H33N3S. The monoisotopic (exact) mass is 671 g/mol. The van der Waals surface area contributed by atoms with Crippen LogP contribution in [0.4, 0.5) is 0 Å². The molecule has 0 bridgehead atoms. The lowest BCUT2D eigenvalue weighted by Gasteiger charge is -2.12. The molecule has 0 atom stereocenters. The standard InChI is InChI=1S/C47H33N3S/c1-31(33-16-6-3-7-17-33)48-47(34-18-8-4-9-19-34)49-32(2)40-29-36(30-45-46(40)39-23-13-15-25-44(39)51-45)35-26-27-43-41(28-35)38-22-12-14-24-42(38)50(43)37-20-10-5-11-21-37/h3-30H,2H2,1H3. The molecule has 0 fully saturated rings. The van der Waals surface area contributed by atoms with Crippen molar-refractivity contribution in [2.75, 3.05) is 0 Å². The maximum absolute atomic E-state index is 5.22. The summed E-state index contributed by atoms with van der Waals surface area (Å²) >= 11 is 1.81. The van der Waals surface area contributed by atoms with Crippen molar-refractivity contribution in [2.24, 2.45) is 9.98 Å². The van der Waals surface area contributed by atoms with Crippen LogP contribution < -0.4 is 0 Å². The van der Waals surface area contributed by atoms with Gasteiger partial charge in [-0.3, -0.25) is 0 Å². The molecule has 0 aliphatic carbocycles. The summed E-state index contributed by atoms with van der Waals surface area (Å²) in [6.45, 7) is 6.65. The number of benzene rings is 7. The van der Waals surface area contributed by atoms with E-state index in [1.165, 1.54) is 42.0 Å². The molecule has 0 spiro atoms. The van der Waals surface area contributed by atoms with Gasteiger partial charge in [0.25, 0.3) is 0 Å². The third kappa shape index (κ3) is 5.56. The van der Waals surface area contributed by atoms with Crippen LogP contribution in [0.15, 0.2) is 186 Å². The minimum atomic E-state index is 0.634. The molecule has 0 saturated heterocycles. The van der Waals surface area contributed by atoms with Crippen LogP contribution in [0.25, 0.3) is 64.5 Å². The molecule has 9 rings (SSSR count). The fourth-order valence-electron chi connectivity index (χ4n) is 7.09. The number of aromatic nitrogens is 1. The van der Waals surface area contributed by atoms with Crippen molar-refractivity contribution in [3.8, 4) is 16.8 Å². The van der Waals surface area contributed by atoms with Crippen molar-refractivity contribution in [2.45, 2.75) is 6.92 Å². The van der Waals surface area contributed by atoms with E-state index in [1.54, 1.807) is 0 Å². The number of nitrogens with zero attached hydrogens (tertiary/aromatic N) is 3. The second kappa shape index (κ2) is 12.8. The summed E-state index contributed by atoms with van der Waals surface area (Å²) in [6, 6.07) is 59.7. The van der Waals surface area contributed by atoms with E-state index in [9.17, 15) is 0 Å². The van der Waals surface area contributed by atoms with Crippen molar-refractivity contribution in [3.05, 3.63) is 193 Å². The van der Waals surface area contributed by atoms with E-state index in [4.69, 9.17) is 9.98 Å². The quantitative estimate of drug-likeness (QED) is 0.124. The highest BCUT2D eigenvalue weighted by Gasteiger charge is 2.17. The molecule has 0 unspecified atom stereocenters. The van der Waals surface area contributed by atoms with Gasteiger partial charge in [0, 0.05) is 53.5 Å². The predicted molar refractivity (Wildman–Crippen MR) is 220 cm³/mol. The van der Waals surface area contributed by atoms with Crippen LogP contribution >= 0.6 is 11.3 Å². The molecular weight excluding hydrogens is 639 g/mol. The first-order chi connectivity index (χ1) is 25.1. The van der Waals surface area contributed by atoms with Crippen molar-refractivity contribution in [1.82, 2.24) is 4.57 Å². The zero-order valence-electron chi connectivity index (χ0n) is 28.1. The third-order valence-electron chi connectivity index (χ3n) is 9.55. The lowest BCUT2D eigenvalue weighted by molar-refractivity contribution is 1.18. The summed E-state index contributed by atoms with van der Waals surface area (Å²) in [5.41, 5.74) is 10.4. The van der Waals surface area contributed by atoms with Gasteiger partial charge in [0.05, 0.1) is 16.7 Å². The minimum Gasteiger partial charge on any atom is -0.309 e. The molecule has 2 heterocycles. The number of para-hydroxylation sites is 2. The molecule has 0 amide bonds. The molecule has 51 heavy (non-hydrogen) atoms. The molecule has 0 aliphatic heterocycles. The highest BCUT2D eigenvalue weighted by atomic mass is 32.1. The SMILES string of the molecule is C=C(N=C(N=C(C)c1ccccc1)c1ccccc1)c1cc(-c2ccc3c(c2)c2ccccc2n3-c2ccccc2)cc2sc3ccccc3c12. The smallest absolute Gasteiger partial charge is 0.160 e. The summed E-state index contributed by atoms with van der Waals surface area (Å²) in [4.78, 5) is 10.3. The van der Waals surface area contributed by atoms with Gasteiger partial charge < -0.3 is 4.57 Å². The summed E-state index contributed by atoms with van der Waals surface area (Å²) < 4.78 is 4.80. The highest BCUT2D eigenvalue weighted by Crippen LogP contribution is 2.42. The van der Waals surface area contributed by atoms with Gasteiger partial charge >= 0.3 is 0 Å². The number of thiophene rings is 1. The van der Waals surface area contributed by atoms with Crippen LogP contribution in [-0.2, 0) is 0 Å². The predicted octanol–water partition coefficient (Wildman–Crippen LogP) is 12.7. The van der Waals surface area contributed by atoms with Crippen LogP contribution in [-0.4, -0.2) is 16.1 Å². The Balaban J connectivity index is 1.24. The molecule has 9 aromatic rings. The fraction of sp³-hybridized carbons (Fsp3) is 0.0213. The average molecular weight is 672 g/mol. The maximum atomic E-state index is 5.22. The van der Waals surface area contributed by atoms with Crippen molar-refractivity contribution in [1.29, 1.82) is 0 Å². The van der Waals surface area contributed by atoms with Crippen molar-refractivity contribution >= 4 is 70.6 Å². The Morgan fingerprint density at radius 3 is 1.92 bits per heavy atom. The molecule has 3 nitrogen and oxygen atoms in total. The van der Waals surface area contributed by atoms with E-state index >= 15 is 0 Å². The third-order valence-corrected chi connectivity index (χ3v) is 10.7. The first-order valence-electron chi connectivity index (χ1n) is 17.1. The Kier molecular flexibility index (Phi) is 7.72. The van der Waals surface area contributed by atoms with Gasteiger partial charge in [-0.25, -0.2) is 9.98 Å². The normalized spacial score (nSPS) is 12.3. The molecule has 2 aromatic heterocycles. The van der Waals surface area contributed by atoms with Gasteiger partial charge in [0.15, 0.2) is 5.84 Å². The van der Waals surface area contributed by atoms with Gasteiger partial charge in [-0.05, 0) is 72.1 Å². The van der Waals surface area contributed by atoms with Crippen LogP contribution in [0.3, 0.4) is 0 Å². The number of rotatable bonds is 6. The highest BCUT2D eigenvalue weighted by molar-refractivity contribution is 7.25. The largest absolute Gasteiger partial charge is 0.309 e. The van der Waals surface area contributed by atoms with Gasteiger partial charge in [0.1, 0.15) is 0 Å². The second-order valence-corrected chi connectivity index (χ2v) is 13.8. The van der Waals surface area contributed by atoms with Crippen LogP contribution in [0, 0.1) is 0 Å². The fourth-order valence-corrected chi connectivity index (χ4v) is 8.26. The average Bonchev–Trinajstić information content (AvgIpc) is 3.73. The number of hydrogen-bond acceptors (Lipinski definition) is 2. The Hall–Kier alpha value is -6.36. The van der Waals surface area contributed by atoms with E-state index in [0.717, 1.165) is 39.2 Å². The van der Waals surface area contributed by atoms with E-state index in [2.05, 4.69) is 145 Å². The maximum Gasteiger partial charge on any atom is 0.160 e. The molecule has 0 N–H and O–H groups in total. The Morgan fingerprint density at radius 2 is 1.16 bits per heavy atom. The molecule has 242 valence electrons. The van der Waals surface area contributed by atoms with Gasteiger partial charge in [-0.1, -0.05) is 128 Å². The zero-order chi connectivity index (χ0) is 34.3. The van der Waals surface area contributed by atoms with Crippen LogP contribution in [0.2, 0.25) is 0 Å². The molecule has 0 aliphatic rings. The first-order valence-corrected chi connectivity index (χ1v) is 17.9. The first kappa shape index (κ1) is 30.7. The van der Waals surface area contributed by atoms with E-state index in [1.807, 2.05) is 54.7 Å². The van der Waals surface area contributed by atoms with Crippen LogP contribution in [0.1, 0.15) is 23.6 Å². The van der Waals surface area contributed by atoms with E-state index in [-0.39, 0.29) is 0 Å². The molecule has 0 saturated carbocycles. The van der Waals surface area contributed by atoms with Gasteiger partial charge in [-0.15, -0.1) is 11.3 Å². The Bertz CT molecular complexity index is 2800. The summed E-state index contributed by atoms with van der Waals surface area (Å²) in [6.07, 6.45) is 0. The topological polar surface area (TPSA) is 29.6 Å². The summed E-state index contributed by atoms with van der Waals surface area (Å²) in [5.74, 6) is 0.634. The zero-order valence-corrected chi connectivity index (χ0v) is 28.9. The van der Waals surface area contributed by atoms with Crippen molar-refractivity contribution < 1.29 is 0 Å². The molecule has 7 aromatic carbocycles. The lowest BCUT2D eigenvalue weighted by atomic mass is 9.96. The van der Waals surface area contributed by atoms with Gasteiger partial charge in [-0.2, -0.15) is 0 Å². The second-order valence-electron chi connectivity index (χ2n) is 12.7. The minimum absolute atomic E-state index is 0.634. The number of amidine groups is 1. The lowest BCUT2D eigenvalue weighted by Crippen LogP contribution is -2.04. The van der Waals surface area contributed by atoms with Crippen molar-refractivity contribution in [3.63, 3.8) is 0 Å². The van der Waals surface area contributed by atoms with Gasteiger partial charge in [0.2, 0.25) is 0 Å². The summed E-state index contributed by atoms with van der Waals surface area (Å²) in [5, 5.41) is 4.83. The Morgan fingerprint density at radius 1 is 0.529 bits per heavy atom. The number of fused-ring (bicyclic) bond motifs is 6. The number of aliphatic imine (C=N–C) groups is 2. The number of hydrogen-bond donors (Lipinski definition) is 0.